The molecule has 1 aliphatic carbocycles. The van der Waals surface area contributed by atoms with Crippen LogP contribution in [0.25, 0.3) is 22.3 Å². The van der Waals surface area contributed by atoms with Crippen LogP contribution in [0.3, 0.4) is 0 Å². The summed E-state index contributed by atoms with van der Waals surface area (Å²) in [7, 11) is 0. The van der Waals surface area contributed by atoms with Crippen LogP contribution in [0.15, 0.2) is 168 Å². The van der Waals surface area contributed by atoms with Crippen LogP contribution in [0.5, 0.6) is 11.5 Å². The quantitative estimate of drug-likeness (QED) is 0.180. The first-order valence-corrected chi connectivity index (χ1v) is 20.6. The van der Waals surface area contributed by atoms with Gasteiger partial charge in [-0.3, -0.25) is 9.98 Å². The molecule has 6 aromatic carbocycles. The number of fused-ring (bicyclic) bond motifs is 9. The Bertz CT molecular complexity index is 2730. The summed E-state index contributed by atoms with van der Waals surface area (Å²) in [6.45, 7) is 11.1. The molecule has 2 atom stereocenters. The third-order valence-corrected chi connectivity index (χ3v) is 12.5. The van der Waals surface area contributed by atoms with Crippen LogP contribution in [0.4, 0.5) is 0 Å². The molecule has 7 aromatic rings. The topological polar surface area (TPSA) is 46.8 Å². The average molecular weight is 754 g/mol. The summed E-state index contributed by atoms with van der Waals surface area (Å²) >= 11 is 0. The van der Waals surface area contributed by atoms with E-state index in [0.29, 0.717) is 0 Å². The van der Waals surface area contributed by atoms with Crippen molar-refractivity contribution >= 4 is 11.5 Å². The van der Waals surface area contributed by atoms with Crippen molar-refractivity contribution in [3.63, 3.8) is 0 Å². The Morgan fingerprint density at radius 1 is 0.586 bits per heavy atom. The molecule has 2 unspecified atom stereocenters. The lowest BCUT2D eigenvalue weighted by atomic mass is 9.66. The van der Waals surface area contributed by atoms with Crippen molar-refractivity contribution < 1.29 is 4.74 Å². The van der Waals surface area contributed by atoms with Gasteiger partial charge in [0.25, 0.3) is 0 Å². The number of aromatic nitrogens is 1. The molecule has 0 saturated carbocycles. The molecule has 0 saturated heterocycles. The zero-order chi connectivity index (χ0) is 39.6. The molecule has 284 valence electrons. The molecular weight excluding hydrogens is 707 g/mol. The van der Waals surface area contributed by atoms with E-state index in [4.69, 9.17) is 19.7 Å². The standard InChI is InChI=1S/C54H47N3O/c1-34-23-31-47(37-26-24-36(25-27-37)40-30-32-50(53(3,4)5)55-35(40)2)56-52(38-15-7-6-8-16-38)57-51(34)39-28-29-42-41-17-9-10-18-43(41)54(46(42)33-39)44-19-11-13-21-48(44)58-49-22-14-12-20-45(49)54/h6-22,24-30,32-34,51H,23,31H2,1-5H3/b56-47+,57-52-. The van der Waals surface area contributed by atoms with Crippen molar-refractivity contribution in [2.75, 3.05) is 0 Å². The van der Waals surface area contributed by atoms with Gasteiger partial charge in [0.2, 0.25) is 0 Å². The number of rotatable bonds is 4. The van der Waals surface area contributed by atoms with Crippen LogP contribution in [0, 0.1) is 12.8 Å². The lowest BCUT2D eigenvalue weighted by Gasteiger charge is -2.39. The molecule has 3 heterocycles. The van der Waals surface area contributed by atoms with Crippen LogP contribution in [0.1, 0.15) is 96.9 Å². The maximum absolute atomic E-state index is 6.61. The summed E-state index contributed by atoms with van der Waals surface area (Å²) in [6.07, 6.45) is 1.80. The van der Waals surface area contributed by atoms with E-state index in [1.165, 1.54) is 38.9 Å². The Morgan fingerprint density at radius 2 is 1.19 bits per heavy atom. The summed E-state index contributed by atoms with van der Waals surface area (Å²) in [6, 6.07) is 56.8. The fraction of sp³-hybridized carbons (Fsp3) is 0.204. The number of hydrogen-bond acceptors (Lipinski definition) is 4. The number of hydrogen-bond donors (Lipinski definition) is 0. The van der Waals surface area contributed by atoms with Crippen molar-refractivity contribution in [2.24, 2.45) is 15.9 Å². The van der Waals surface area contributed by atoms with E-state index in [2.05, 4.69) is 192 Å². The van der Waals surface area contributed by atoms with Crippen LogP contribution in [0.2, 0.25) is 0 Å². The molecule has 1 spiro atoms. The number of ether oxygens (including phenoxy) is 1. The fourth-order valence-electron chi connectivity index (χ4n) is 9.51. The third kappa shape index (κ3) is 5.85. The molecule has 4 heteroatoms. The van der Waals surface area contributed by atoms with Crippen molar-refractivity contribution in [3.8, 4) is 33.8 Å². The summed E-state index contributed by atoms with van der Waals surface area (Å²) in [5, 5.41) is 0. The van der Waals surface area contributed by atoms with Gasteiger partial charge in [-0.05, 0) is 82.8 Å². The molecule has 2 aliphatic heterocycles. The first-order chi connectivity index (χ1) is 28.2. The molecule has 3 aliphatic rings. The van der Waals surface area contributed by atoms with E-state index in [9.17, 15) is 0 Å². The Hall–Kier alpha value is -6.39. The Morgan fingerprint density at radius 3 is 1.88 bits per heavy atom. The smallest absolute Gasteiger partial charge is 0.155 e. The van der Waals surface area contributed by atoms with E-state index >= 15 is 0 Å². The Labute approximate surface area is 342 Å². The van der Waals surface area contributed by atoms with Gasteiger partial charge in [-0.15, -0.1) is 0 Å². The lowest BCUT2D eigenvalue weighted by molar-refractivity contribution is 0.434. The van der Waals surface area contributed by atoms with E-state index in [0.717, 1.165) is 69.5 Å². The number of pyridine rings is 1. The van der Waals surface area contributed by atoms with Gasteiger partial charge in [-0.25, -0.2) is 4.99 Å². The number of amidine groups is 1. The molecule has 10 rings (SSSR count). The minimum absolute atomic E-state index is 0.00942. The highest BCUT2D eigenvalue weighted by Gasteiger charge is 2.51. The van der Waals surface area contributed by atoms with Crippen molar-refractivity contribution in [2.45, 2.75) is 64.3 Å². The highest BCUT2D eigenvalue weighted by atomic mass is 16.5. The van der Waals surface area contributed by atoms with Gasteiger partial charge in [0.1, 0.15) is 11.5 Å². The number of benzene rings is 6. The highest BCUT2D eigenvalue weighted by Crippen LogP contribution is 2.62. The van der Waals surface area contributed by atoms with Crippen LogP contribution in [-0.4, -0.2) is 16.5 Å². The summed E-state index contributed by atoms with van der Waals surface area (Å²) in [5.74, 6) is 2.83. The van der Waals surface area contributed by atoms with Gasteiger partial charge >= 0.3 is 0 Å². The van der Waals surface area contributed by atoms with Gasteiger partial charge in [0.05, 0.1) is 17.2 Å². The number of aryl methyl sites for hydroxylation is 1. The SMILES string of the molecule is Cc1nc(C(C)(C)C)ccc1-c1ccc(/C2=N/C(c3ccccc3)=N\C(c3ccc4c(c3)C3(c5ccccc5Oc5ccccc53)c3ccccc3-4)C(C)CC2)cc1. The minimum Gasteiger partial charge on any atom is -0.457 e. The summed E-state index contributed by atoms with van der Waals surface area (Å²) < 4.78 is 6.61. The third-order valence-electron chi connectivity index (χ3n) is 12.5. The second-order valence-electron chi connectivity index (χ2n) is 17.2. The molecule has 4 nitrogen and oxygen atoms in total. The monoisotopic (exact) mass is 753 g/mol. The Kier molecular flexibility index (Phi) is 8.63. The second kappa shape index (κ2) is 13.9. The predicted octanol–water partition coefficient (Wildman–Crippen LogP) is 13.2. The molecule has 0 bridgehead atoms. The maximum Gasteiger partial charge on any atom is 0.155 e. The molecule has 0 radical (unpaired) electrons. The van der Waals surface area contributed by atoms with Gasteiger partial charge in [0.15, 0.2) is 5.84 Å². The fourth-order valence-corrected chi connectivity index (χ4v) is 9.51. The first kappa shape index (κ1) is 36.0. The van der Waals surface area contributed by atoms with Gasteiger partial charge < -0.3 is 4.74 Å². The summed E-state index contributed by atoms with van der Waals surface area (Å²) in [5.41, 5.74) is 15.8. The van der Waals surface area contributed by atoms with Crippen molar-refractivity contribution in [1.82, 2.24) is 4.98 Å². The van der Waals surface area contributed by atoms with Crippen molar-refractivity contribution in [1.29, 1.82) is 0 Å². The van der Waals surface area contributed by atoms with Crippen LogP contribution < -0.4 is 4.74 Å². The largest absolute Gasteiger partial charge is 0.457 e. The zero-order valence-corrected chi connectivity index (χ0v) is 33.8. The molecule has 0 N–H and O–H groups in total. The normalized spacial score (nSPS) is 19.5. The lowest BCUT2D eigenvalue weighted by Crippen LogP contribution is -2.32. The van der Waals surface area contributed by atoms with E-state index in [-0.39, 0.29) is 17.4 Å². The molecule has 0 amide bonds. The van der Waals surface area contributed by atoms with E-state index in [1.807, 2.05) is 0 Å². The highest BCUT2D eigenvalue weighted by molar-refractivity contribution is 6.12. The minimum atomic E-state index is -0.523. The number of para-hydroxylation sites is 2. The van der Waals surface area contributed by atoms with E-state index < -0.39 is 5.41 Å². The van der Waals surface area contributed by atoms with Gasteiger partial charge in [0, 0.05) is 39.1 Å². The zero-order valence-electron chi connectivity index (χ0n) is 33.8. The number of nitrogens with zero attached hydrogens (tertiary/aromatic N) is 3. The van der Waals surface area contributed by atoms with Crippen molar-refractivity contribution in [3.05, 3.63) is 208 Å². The molecular formula is C54H47N3O. The Balaban J connectivity index is 1.09. The van der Waals surface area contributed by atoms with Crippen LogP contribution in [-0.2, 0) is 10.8 Å². The van der Waals surface area contributed by atoms with Gasteiger partial charge in [-0.1, -0.05) is 167 Å². The molecule has 0 fully saturated rings. The number of aliphatic imine (C=N–C) groups is 2. The second-order valence-corrected chi connectivity index (χ2v) is 17.2. The van der Waals surface area contributed by atoms with Crippen LogP contribution >= 0.6 is 0 Å². The predicted molar refractivity (Wildman–Crippen MR) is 238 cm³/mol. The van der Waals surface area contributed by atoms with Gasteiger partial charge in [-0.2, -0.15) is 0 Å². The summed E-state index contributed by atoms with van der Waals surface area (Å²) in [4.78, 5) is 16.0. The van der Waals surface area contributed by atoms with E-state index in [1.54, 1.807) is 0 Å². The molecule has 58 heavy (non-hydrogen) atoms. The maximum atomic E-state index is 6.61. The average Bonchev–Trinajstić information content (AvgIpc) is 3.52. The first-order valence-electron chi connectivity index (χ1n) is 20.6. The molecule has 1 aromatic heterocycles.